The molecule has 0 aliphatic rings. The molecule has 0 aliphatic carbocycles. The van der Waals surface area contributed by atoms with Gasteiger partial charge in [0.15, 0.2) is 5.13 Å². The first-order valence-corrected chi connectivity index (χ1v) is 9.30. The minimum atomic E-state index is 0. The normalized spacial score (nSPS) is 10.7. The summed E-state index contributed by atoms with van der Waals surface area (Å²) in [6.07, 6.45) is 1.73. The highest BCUT2D eigenvalue weighted by Crippen LogP contribution is 2.37. The molecule has 0 atom stereocenters. The second kappa shape index (κ2) is 7.76. The zero-order valence-electron chi connectivity index (χ0n) is 15.0. The summed E-state index contributed by atoms with van der Waals surface area (Å²) in [6.45, 7) is 2.10. The third-order valence-electron chi connectivity index (χ3n) is 4.41. The molecule has 0 spiro atoms. The summed E-state index contributed by atoms with van der Waals surface area (Å²) in [5, 5.41) is 7.99. The topological polar surface area (TPSA) is 52.0 Å². The first-order chi connectivity index (χ1) is 12.6. The van der Waals surface area contributed by atoms with Crippen molar-refractivity contribution in [2.24, 2.45) is 7.05 Å². The van der Waals surface area contributed by atoms with Gasteiger partial charge >= 0.3 is 0 Å². The summed E-state index contributed by atoms with van der Waals surface area (Å²) < 4.78 is 7.25. The van der Waals surface area contributed by atoms with Crippen LogP contribution >= 0.6 is 35.3 Å². The van der Waals surface area contributed by atoms with Crippen molar-refractivity contribution in [2.45, 2.75) is 6.92 Å². The Bertz CT molecular complexity index is 1090. The minimum absolute atomic E-state index is 0. The molecule has 0 unspecified atom stereocenters. The highest BCUT2D eigenvalue weighted by atomic mass is 35.5. The van der Waals surface area contributed by atoms with Crippen LogP contribution in [-0.2, 0) is 7.05 Å². The van der Waals surface area contributed by atoms with E-state index in [1.807, 2.05) is 30.3 Å². The molecule has 0 radical (unpaired) electrons. The van der Waals surface area contributed by atoms with Gasteiger partial charge in [-0.1, -0.05) is 11.6 Å². The van der Waals surface area contributed by atoms with Crippen molar-refractivity contribution in [1.29, 1.82) is 0 Å². The summed E-state index contributed by atoms with van der Waals surface area (Å²) in [7, 11) is 3.66. The van der Waals surface area contributed by atoms with Crippen molar-refractivity contribution in [3.05, 3.63) is 52.6 Å². The molecule has 0 bridgehead atoms. The van der Waals surface area contributed by atoms with Crippen LogP contribution in [0.3, 0.4) is 0 Å². The van der Waals surface area contributed by atoms with Gasteiger partial charge in [-0.3, -0.25) is 0 Å². The maximum Gasteiger partial charge on any atom is 0.213 e. The number of ether oxygens (including phenoxy) is 1. The van der Waals surface area contributed by atoms with Crippen LogP contribution < -0.4 is 10.1 Å². The number of aromatic nitrogens is 3. The molecule has 3 heterocycles. The Kier molecular flexibility index (Phi) is 5.60. The number of nitrogens with zero attached hydrogens (tertiary/aromatic N) is 3. The summed E-state index contributed by atoms with van der Waals surface area (Å²) in [4.78, 5) is 8.96. The molecule has 140 valence electrons. The Balaban J connectivity index is 0.00000210. The number of hydrogen-bond acceptors (Lipinski definition) is 5. The molecule has 0 amide bonds. The van der Waals surface area contributed by atoms with Crippen LogP contribution in [-0.4, -0.2) is 21.6 Å². The van der Waals surface area contributed by atoms with E-state index >= 15 is 0 Å². The van der Waals surface area contributed by atoms with Gasteiger partial charge < -0.3 is 14.6 Å². The van der Waals surface area contributed by atoms with Crippen LogP contribution in [0.15, 0.2) is 41.9 Å². The molecule has 1 aromatic carbocycles. The Hall–Kier alpha value is -2.28. The number of hydrogen-bond donors (Lipinski definition) is 1. The number of halogens is 2. The molecule has 5 nitrogen and oxygen atoms in total. The lowest BCUT2D eigenvalue weighted by atomic mass is 10.1. The SMILES string of the molecule is COc1ccc(Nc2nc(-c3c(C)n(C)c4ccc(Cl)cc34)cs2)cn1.Cl. The molecular formula is C19H18Cl2N4OS. The van der Waals surface area contributed by atoms with Crippen LogP contribution in [0, 0.1) is 6.92 Å². The highest BCUT2D eigenvalue weighted by Gasteiger charge is 2.16. The lowest BCUT2D eigenvalue weighted by Gasteiger charge is -2.03. The number of fused-ring (bicyclic) bond motifs is 1. The van der Waals surface area contributed by atoms with E-state index in [4.69, 9.17) is 21.3 Å². The van der Waals surface area contributed by atoms with Crippen molar-refractivity contribution < 1.29 is 4.74 Å². The van der Waals surface area contributed by atoms with Crippen LogP contribution in [0.25, 0.3) is 22.2 Å². The summed E-state index contributed by atoms with van der Waals surface area (Å²) in [6, 6.07) is 9.68. The molecule has 1 N–H and O–H groups in total. The third kappa shape index (κ3) is 3.60. The van der Waals surface area contributed by atoms with Gasteiger partial charge in [-0.05, 0) is 31.2 Å². The van der Waals surface area contributed by atoms with Crippen LogP contribution in [0.4, 0.5) is 10.8 Å². The smallest absolute Gasteiger partial charge is 0.213 e. The first-order valence-electron chi connectivity index (χ1n) is 8.04. The van der Waals surface area contributed by atoms with E-state index < -0.39 is 0 Å². The van der Waals surface area contributed by atoms with E-state index in [-0.39, 0.29) is 12.4 Å². The maximum absolute atomic E-state index is 6.22. The molecule has 27 heavy (non-hydrogen) atoms. The van der Waals surface area contributed by atoms with Gasteiger partial charge in [-0.15, -0.1) is 23.7 Å². The van der Waals surface area contributed by atoms with Gasteiger partial charge in [0.1, 0.15) is 0 Å². The maximum atomic E-state index is 6.22. The van der Waals surface area contributed by atoms with Crippen molar-refractivity contribution in [2.75, 3.05) is 12.4 Å². The first kappa shape index (κ1) is 19.5. The van der Waals surface area contributed by atoms with Crippen molar-refractivity contribution in [3.8, 4) is 17.1 Å². The molecule has 8 heteroatoms. The third-order valence-corrected chi connectivity index (χ3v) is 5.40. The Morgan fingerprint density at radius 2 is 2.04 bits per heavy atom. The lowest BCUT2D eigenvalue weighted by Crippen LogP contribution is -1.93. The largest absolute Gasteiger partial charge is 0.481 e. The molecular weight excluding hydrogens is 403 g/mol. The lowest BCUT2D eigenvalue weighted by molar-refractivity contribution is 0.398. The fraction of sp³-hybridized carbons (Fsp3) is 0.158. The van der Waals surface area contributed by atoms with E-state index in [9.17, 15) is 0 Å². The predicted molar refractivity (Wildman–Crippen MR) is 115 cm³/mol. The monoisotopic (exact) mass is 420 g/mol. The highest BCUT2D eigenvalue weighted by molar-refractivity contribution is 7.14. The Labute approximate surface area is 172 Å². The molecule has 0 fully saturated rings. The average molecular weight is 421 g/mol. The van der Waals surface area contributed by atoms with Gasteiger partial charge in [0.25, 0.3) is 0 Å². The van der Waals surface area contributed by atoms with Gasteiger partial charge in [-0.25, -0.2) is 9.97 Å². The summed E-state index contributed by atoms with van der Waals surface area (Å²) in [5.41, 5.74) is 5.21. The standard InChI is InChI=1S/C19H17ClN4OS.ClH/c1-11-18(14-8-12(20)4-6-16(14)24(11)2)15-10-26-19(23-15)22-13-5-7-17(25-3)21-9-13;/h4-10H,1-3H3,(H,22,23);1H. The van der Waals surface area contributed by atoms with Crippen molar-refractivity contribution in [1.82, 2.24) is 14.5 Å². The Morgan fingerprint density at radius 1 is 1.22 bits per heavy atom. The fourth-order valence-corrected chi connectivity index (χ4v) is 3.91. The predicted octanol–water partition coefficient (Wildman–Crippen LogP) is 5.83. The second-order valence-corrected chi connectivity index (χ2v) is 7.23. The number of thiazole rings is 1. The number of pyridine rings is 1. The number of benzene rings is 1. The molecule has 0 aliphatic heterocycles. The van der Waals surface area contributed by atoms with Gasteiger partial charge in [-0.2, -0.15) is 0 Å². The molecule has 3 aromatic heterocycles. The Morgan fingerprint density at radius 3 is 2.74 bits per heavy atom. The van der Waals surface area contributed by atoms with Gasteiger partial charge in [0.2, 0.25) is 5.88 Å². The second-order valence-electron chi connectivity index (χ2n) is 5.93. The average Bonchev–Trinajstić information content (AvgIpc) is 3.18. The zero-order valence-corrected chi connectivity index (χ0v) is 17.4. The fourth-order valence-electron chi connectivity index (χ4n) is 3.01. The number of rotatable bonds is 4. The molecule has 0 saturated heterocycles. The van der Waals surface area contributed by atoms with Crippen molar-refractivity contribution in [3.63, 3.8) is 0 Å². The zero-order chi connectivity index (χ0) is 18.3. The number of aryl methyl sites for hydroxylation is 1. The minimum Gasteiger partial charge on any atom is -0.481 e. The number of methoxy groups -OCH3 is 1. The quantitative estimate of drug-likeness (QED) is 0.450. The van der Waals surface area contributed by atoms with E-state index in [0.717, 1.165) is 43.7 Å². The summed E-state index contributed by atoms with van der Waals surface area (Å²) >= 11 is 7.78. The molecule has 4 rings (SSSR count). The van der Waals surface area contributed by atoms with Crippen LogP contribution in [0.1, 0.15) is 5.69 Å². The summed E-state index contributed by atoms with van der Waals surface area (Å²) in [5.74, 6) is 0.582. The van der Waals surface area contributed by atoms with E-state index in [1.165, 1.54) is 0 Å². The van der Waals surface area contributed by atoms with E-state index in [2.05, 4.69) is 34.2 Å². The van der Waals surface area contributed by atoms with E-state index in [0.29, 0.717) is 5.88 Å². The number of anilines is 2. The number of nitrogens with one attached hydrogen (secondary N) is 1. The van der Waals surface area contributed by atoms with Gasteiger partial charge in [0.05, 0.1) is 24.7 Å². The molecule has 4 aromatic rings. The van der Waals surface area contributed by atoms with Crippen molar-refractivity contribution >= 4 is 57.1 Å². The molecule has 0 saturated carbocycles. The van der Waals surface area contributed by atoms with Crippen LogP contribution in [0.2, 0.25) is 5.02 Å². The van der Waals surface area contributed by atoms with Gasteiger partial charge in [0, 0.05) is 45.7 Å². The van der Waals surface area contributed by atoms with E-state index in [1.54, 1.807) is 24.6 Å². The van der Waals surface area contributed by atoms with Crippen LogP contribution in [0.5, 0.6) is 5.88 Å².